The maximum absolute atomic E-state index is 4.64. The van der Waals surface area contributed by atoms with Crippen molar-refractivity contribution in [1.82, 2.24) is 0 Å². The zero-order valence-corrected chi connectivity index (χ0v) is 4.05. The van der Waals surface area contributed by atoms with Crippen LogP contribution < -0.4 is 0 Å². The van der Waals surface area contributed by atoms with E-state index in [0.717, 1.165) is 0 Å². The van der Waals surface area contributed by atoms with Crippen LogP contribution in [0.4, 0.5) is 0 Å². The monoisotopic (exact) mass is 91.0 g/mol. The van der Waals surface area contributed by atoms with Gasteiger partial charge in [-0.2, -0.15) is 0 Å². The quantitative estimate of drug-likeness (QED) is 0.471. The molecule has 0 fully saturated rings. The molecule has 0 unspecified atom stereocenters. The van der Waals surface area contributed by atoms with Crippen molar-refractivity contribution in [3.8, 4) is 0 Å². The average molecular weight is 91.2 g/mol. The Kier molecular flexibility index (Phi) is 4.58. The third kappa shape index (κ3) is 4.31. The van der Waals surface area contributed by atoms with Gasteiger partial charge in [-0.15, -0.1) is 0 Å². The molecule has 0 rings (SSSR count). The zero-order valence-electron chi connectivity index (χ0n) is 3.23. The Morgan fingerprint density at radius 1 is 2.00 bits per heavy atom. The zero-order chi connectivity index (χ0) is 4.12. The molecule has 2 heteroatoms. The topological polar surface area (TPSA) is 9.23 Å². The summed E-state index contributed by atoms with van der Waals surface area (Å²) in [6.45, 7) is 3.99. The van der Waals surface area contributed by atoms with Crippen LogP contribution in [0.3, 0.4) is 0 Å². The van der Waals surface area contributed by atoms with Gasteiger partial charge in [-0.05, 0) is 19.0 Å². The van der Waals surface area contributed by atoms with E-state index in [2.05, 4.69) is 11.1 Å². The molecule has 0 saturated heterocycles. The third-order valence-electron chi connectivity index (χ3n) is 0.201. The molecule has 5 heavy (non-hydrogen) atoms. The highest BCUT2D eigenvalue weighted by Crippen LogP contribution is 1.89. The Bertz CT molecular complexity index is 14.4. The minimum absolute atomic E-state index is 0.557. The Morgan fingerprint density at radius 3 is 2.60 bits per heavy atom. The first-order valence-corrected chi connectivity index (χ1v) is 2.51. The highest BCUT2D eigenvalue weighted by atomic mass is 32.2. The Balaban J connectivity index is 2.19. The van der Waals surface area contributed by atoms with Crippen molar-refractivity contribution in [2.24, 2.45) is 0 Å². The van der Waals surface area contributed by atoms with Crippen molar-refractivity contribution in [2.75, 3.05) is 12.9 Å². The van der Waals surface area contributed by atoms with Gasteiger partial charge in [0, 0.05) is 6.26 Å². The molecule has 1 radical (unpaired) electrons. The van der Waals surface area contributed by atoms with Gasteiger partial charge in [-0.25, -0.2) is 0 Å². The lowest BCUT2D eigenvalue weighted by Gasteiger charge is -1.84. The van der Waals surface area contributed by atoms with Crippen LogP contribution in [0.1, 0.15) is 0 Å². The lowest BCUT2D eigenvalue weighted by atomic mass is 10.9. The molecule has 0 amide bonds. The van der Waals surface area contributed by atoms with Gasteiger partial charge in [0.05, 0.1) is 6.61 Å². The highest BCUT2D eigenvalue weighted by Gasteiger charge is 1.65. The second-order valence-electron chi connectivity index (χ2n) is 0.489. The molecule has 0 bridgehead atoms. The van der Waals surface area contributed by atoms with Crippen molar-refractivity contribution in [2.45, 2.75) is 0 Å². The summed E-state index contributed by atoms with van der Waals surface area (Å²) in [5, 5.41) is 0. The van der Waals surface area contributed by atoms with Gasteiger partial charge in [0.15, 0.2) is 0 Å². The molecule has 0 heterocycles. The molecular weight excluding hydrogens is 84.1 g/mol. The smallest absolute Gasteiger partial charge is 0.0614 e. The van der Waals surface area contributed by atoms with Gasteiger partial charge < -0.3 is 4.18 Å². The molecule has 0 aromatic carbocycles. The van der Waals surface area contributed by atoms with E-state index in [0.29, 0.717) is 6.61 Å². The minimum Gasteiger partial charge on any atom is -0.316 e. The fraction of sp³-hybridized carbons (Fsp3) is 0.667. The van der Waals surface area contributed by atoms with Crippen LogP contribution in [0.2, 0.25) is 0 Å². The van der Waals surface area contributed by atoms with Crippen LogP contribution in [0, 0.1) is 6.92 Å². The van der Waals surface area contributed by atoms with Gasteiger partial charge >= 0.3 is 0 Å². The molecule has 0 aromatic heterocycles. The highest BCUT2D eigenvalue weighted by molar-refractivity contribution is 7.93. The van der Waals surface area contributed by atoms with Crippen molar-refractivity contribution >= 4 is 12.0 Å². The molecule has 0 saturated carbocycles. The van der Waals surface area contributed by atoms with Gasteiger partial charge in [-0.3, -0.25) is 0 Å². The third-order valence-corrected chi connectivity index (χ3v) is 0.604. The van der Waals surface area contributed by atoms with Crippen LogP contribution in [-0.2, 0) is 4.18 Å². The summed E-state index contributed by atoms with van der Waals surface area (Å²) in [6.07, 6.45) is 1.87. The number of hydrogen-bond acceptors (Lipinski definition) is 2. The summed E-state index contributed by atoms with van der Waals surface area (Å²) in [6, 6.07) is 0. The SMILES string of the molecule is [CH2]COSC. The Labute approximate surface area is 36.9 Å². The lowest BCUT2D eigenvalue weighted by Crippen LogP contribution is -1.71. The van der Waals surface area contributed by atoms with Crippen molar-refractivity contribution in [1.29, 1.82) is 0 Å². The molecule has 0 aliphatic heterocycles. The molecule has 0 N–H and O–H groups in total. The van der Waals surface area contributed by atoms with E-state index in [4.69, 9.17) is 0 Å². The van der Waals surface area contributed by atoms with Crippen LogP contribution in [0.15, 0.2) is 0 Å². The van der Waals surface area contributed by atoms with Crippen LogP contribution in [-0.4, -0.2) is 12.9 Å². The van der Waals surface area contributed by atoms with Gasteiger partial charge in [0.2, 0.25) is 0 Å². The molecular formula is C3H7OS. The Hall–Kier alpha value is 0.310. The first kappa shape index (κ1) is 5.31. The predicted molar refractivity (Wildman–Crippen MR) is 24.8 cm³/mol. The van der Waals surface area contributed by atoms with Crippen LogP contribution >= 0.6 is 12.0 Å². The van der Waals surface area contributed by atoms with Crippen molar-refractivity contribution in [3.05, 3.63) is 6.92 Å². The average Bonchev–Trinajstić information content (AvgIpc) is 1.41. The number of rotatable bonds is 2. The fourth-order valence-electron chi connectivity index (χ4n) is 0.0833. The van der Waals surface area contributed by atoms with E-state index >= 15 is 0 Å². The first-order chi connectivity index (χ1) is 2.41. The van der Waals surface area contributed by atoms with E-state index in [1.165, 1.54) is 12.0 Å². The van der Waals surface area contributed by atoms with Crippen molar-refractivity contribution < 1.29 is 4.18 Å². The standard InChI is InChI=1S/C3H7OS/c1-3-4-5-2/h1,3H2,2H3. The second-order valence-corrected chi connectivity index (χ2v) is 1.06. The van der Waals surface area contributed by atoms with E-state index in [1.807, 2.05) is 6.26 Å². The van der Waals surface area contributed by atoms with E-state index in [9.17, 15) is 0 Å². The minimum atomic E-state index is 0.557. The predicted octanol–water partition coefficient (Wildman–Crippen LogP) is 1.12. The molecule has 0 aliphatic carbocycles. The largest absolute Gasteiger partial charge is 0.316 e. The lowest BCUT2D eigenvalue weighted by molar-refractivity contribution is 0.429. The summed E-state index contributed by atoms with van der Waals surface area (Å²) in [4.78, 5) is 0. The second kappa shape index (κ2) is 4.31. The molecule has 0 aliphatic rings. The summed E-state index contributed by atoms with van der Waals surface area (Å²) in [7, 11) is 0. The summed E-state index contributed by atoms with van der Waals surface area (Å²) >= 11 is 1.34. The number of hydrogen-bond donors (Lipinski definition) is 0. The van der Waals surface area contributed by atoms with Gasteiger partial charge in [0.25, 0.3) is 0 Å². The summed E-state index contributed by atoms with van der Waals surface area (Å²) in [5.41, 5.74) is 0. The first-order valence-electron chi connectivity index (χ1n) is 1.36. The van der Waals surface area contributed by atoms with Crippen LogP contribution in [0.5, 0.6) is 0 Å². The van der Waals surface area contributed by atoms with Gasteiger partial charge in [0.1, 0.15) is 0 Å². The maximum atomic E-state index is 4.64. The van der Waals surface area contributed by atoms with Gasteiger partial charge in [-0.1, -0.05) is 0 Å². The van der Waals surface area contributed by atoms with Crippen LogP contribution in [0.25, 0.3) is 0 Å². The molecule has 1 nitrogen and oxygen atoms in total. The Morgan fingerprint density at radius 2 is 2.60 bits per heavy atom. The molecule has 0 spiro atoms. The van der Waals surface area contributed by atoms with E-state index in [-0.39, 0.29) is 0 Å². The molecule has 0 atom stereocenters. The molecule has 0 aromatic rings. The maximum Gasteiger partial charge on any atom is 0.0614 e. The van der Waals surface area contributed by atoms with E-state index < -0.39 is 0 Å². The summed E-state index contributed by atoms with van der Waals surface area (Å²) in [5.74, 6) is 0. The molecule has 31 valence electrons. The van der Waals surface area contributed by atoms with E-state index in [1.54, 1.807) is 0 Å². The summed E-state index contributed by atoms with van der Waals surface area (Å²) < 4.78 is 4.64. The van der Waals surface area contributed by atoms with Crippen molar-refractivity contribution in [3.63, 3.8) is 0 Å². The normalized spacial score (nSPS) is 8.40. The fourth-order valence-corrected chi connectivity index (χ4v) is 0.250.